The third-order valence-electron chi connectivity index (χ3n) is 4.98. The molecule has 0 bridgehead atoms. The summed E-state index contributed by atoms with van der Waals surface area (Å²) in [5, 5.41) is 9.59. The predicted octanol–water partition coefficient (Wildman–Crippen LogP) is 4.94. The van der Waals surface area contributed by atoms with Gasteiger partial charge in [-0.25, -0.2) is 0 Å². The molecular weight excluding hydrogens is 284 g/mol. The van der Waals surface area contributed by atoms with Crippen molar-refractivity contribution in [3.05, 3.63) is 71.8 Å². The van der Waals surface area contributed by atoms with E-state index >= 15 is 0 Å². The van der Waals surface area contributed by atoms with Gasteiger partial charge >= 0.3 is 0 Å². The highest BCUT2D eigenvalue weighted by Gasteiger charge is 2.45. The van der Waals surface area contributed by atoms with Crippen LogP contribution in [-0.2, 0) is 10.8 Å². The molecule has 0 saturated carbocycles. The predicted molar refractivity (Wildman–Crippen MR) is 94.3 cm³/mol. The maximum atomic E-state index is 9.59. The number of phenolic OH excluding ortho intramolecular Hbond substituents is 1. The zero-order chi connectivity index (χ0) is 16.7. The van der Waals surface area contributed by atoms with Crippen molar-refractivity contribution in [1.82, 2.24) is 0 Å². The second-order valence-electron chi connectivity index (χ2n) is 7.25. The molecule has 2 nitrogen and oxygen atoms in total. The molecule has 0 aliphatic heterocycles. The van der Waals surface area contributed by atoms with E-state index in [0.717, 1.165) is 12.2 Å². The van der Waals surface area contributed by atoms with Crippen molar-refractivity contribution in [2.45, 2.75) is 38.0 Å². The Hall–Kier alpha value is -2.22. The second-order valence-corrected chi connectivity index (χ2v) is 7.25. The van der Waals surface area contributed by atoms with Crippen molar-refractivity contribution in [2.24, 2.45) is 0 Å². The average Bonchev–Trinajstić information content (AvgIpc) is 2.73. The number of hydrogen-bond donors (Lipinski definition) is 1. The fourth-order valence-electron chi connectivity index (χ4n) is 3.98. The number of rotatable bonds is 4. The van der Waals surface area contributed by atoms with Crippen molar-refractivity contribution in [2.75, 3.05) is 6.61 Å². The van der Waals surface area contributed by atoms with Crippen LogP contribution in [0.5, 0.6) is 11.5 Å². The van der Waals surface area contributed by atoms with Gasteiger partial charge in [0, 0.05) is 5.41 Å². The minimum Gasteiger partial charge on any atom is -0.508 e. The molecule has 0 fully saturated rings. The summed E-state index contributed by atoms with van der Waals surface area (Å²) in [6, 6.07) is 14.0. The van der Waals surface area contributed by atoms with Gasteiger partial charge in [0.05, 0.1) is 0 Å². The Kier molecular flexibility index (Phi) is 3.71. The fourth-order valence-corrected chi connectivity index (χ4v) is 3.98. The normalized spacial score (nSPS) is 21.7. The summed E-state index contributed by atoms with van der Waals surface area (Å²) in [5.41, 5.74) is 3.94. The molecule has 1 aliphatic rings. The van der Waals surface area contributed by atoms with Crippen LogP contribution in [0.1, 0.15) is 43.9 Å². The SMILES string of the molecule is C=CCOc1ccc2c(c1)C(C)(c1ccc(O)cc1)CC2(C)C. The first-order valence-corrected chi connectivity index (χ1v) is 8.05. The first-order valence-electron chi connectivity index (χ1n) is 8.05. The molecule has 120 valence electrons. The van der Waals surface area contributed by atoms with Gasteiger partial charge in [0.15, 0.2) is 0 Å². The van der Waals surface area contributed by atoms with E-state index in [0.29, 0.717) is 12.4 Å². The molecule has 23 heavy (non-hydrogen) atoms. The van der Waals surface area contributed by atoms with Crippen LogP contribution in [0.3, 0.4) is 0 Å². The second kappa shape index (κ2) is 5.45. The molecule has 0 amide bonds. The molecule has 0 aromatic heterocycles. The van der Waals surface area contributed by atoms with Crippen molar-refractivity contribution >= 4 is 0 Å². The molecule has 1 N–H and O–H groups in total. The number of fused-ring (bicyclic) bond motifs is 1. The van der Waals surface area contributed by atoms with Gasteiger partial charge in [-0.2, -0.15) is 0 Å². The van der Waals surface area contributed by atoms with Gasteiger partial charge in [0.25, 0.3) is 0 Å². The highest BCUT2D eigenvalue weighted by molar-refractivity contribution is 5.54. The van der Waals surface area contributed by atoms with E-state index in [1.165, 1.54) is 16.7 Å². The van der Waals surface area contributed by atoms with Crippen LogP contribution in [0.25, 0.3) is 0 Å². The van der Waals surface area contributed by atoms with E-state index in [9.17, 15) is 5.11 Å². The Bertz CT molecular complexity index is 728. The maximum Gasteiger partial charge on any atom is 0.120 e. The monoisotopic (exact) mass is 308 g/mol. The highest BCUT2D eigenvalue weighted by atomic mass is 16.5. The van der Waals surface area contributed by atoms with Crippen LogP contribution in [0.2, 0.25) is 0 Å². The molecular formula is C21H24O2. The van der Waals surface area contributed by atoms with Gasteiger partial charge in [-0.05, 0) is 52.8 Å². The highest BCUT2D eigenvalue weighted by Crippen LogP contribution is 2.53. The molecule has 0 radical (unpaired) electrons. The molecule has 0 spiro atoms. The van der Waals surface area contributed by atoms with E-state index in [1.807, 2.05) is 18.2 Å². The van der Waals surface area contributed by atoms with Gasteiger partial charge in [0.1, 0.15) is 18.1 Å². The summed E-state index contributed by atoms with van der Waals surface area (Å²) in [6.45, 7) is 11.1. The zero-order valence-corrected chi connectivity index (χ0v) is 14.1. The van der Waals surface area contributed by atoms with Crippen molar-refractivity contribution in [3.63, 3.8) is 0 Å². The van der Waals surface area contributed by atoms with Crippen LogP contribution < -0.4 is 4.74 Å². The van der Waals surface area contributed by atoms with Crippen LogP contribution in [-0.4, -0.2) is 11.7 Å². The molecule has 3 rings (SSSR count). The van der Waals surface area contributed by atoms with Gasteiger partial charge in [-0.1, -0.05) is 51.6 Å². The molecule has 1 unspecified atom stereocenters. The Balaban J connectivity index is 2.11. The number of phenols is 1. The van der Waals surface area contributed by atoms with E-state index in [1.54, 1.807) is 18.2 Å². The summed E-state index contributed by atoms with van der Waals surface area (Å²) in [4.78, 5) is 0. The third-order valence-corrected chi connectivity index (χ3v) is 4.98. The summed E-state index contributed by atoms with van der Waals surface area (Å²) in [5.74, 6) is 1.18. The summed E-state index contributed by atoms with van der Waals surface area (Å²) >= 11 is 0. The van der Waals surface area contributed by atoms with E-state index < -0.39 is 0 Å². The molecule has 2 aromatic carbocycles. The average molecular weight is 308 g/mol. The van der Waals surface area contributed by atoms with Gasteiger partial charge in [-0.3, -0.25) is 0 Å². The lowest BCUT2D eigenvalue weighted by Gasteiger charge is -2.28. The Morgan fingerprint density at radius 1 is 1.09 bits per heavy atom. The molecule has 1 atom stereocenters. The van der Waals surface area contributed by atoms with E-state index in [2.05, 4.69) is 39.5 Å². The summed E-state index contributed by atoms with van der Waals surface area (Å²) < 4.78 is 5.74. The van der Waals surface area contributed by atoms with Crippen LogP contribution >= 0.6 is 0 Å². The largest absolute Gasteiger partial charge is 0.508 e. The maximum absolute atomic E-state index is 9.59. The van der Waals surface area contributed by atoms with Crippen molar-refractivity contribution in [3.8, 4) is 11.5 Å². The number of ether oxygens (including phenoxy) is 1. The minimum atomic E-state index is -0.0833. The quantitative estimate of drug-likeness (QED) is 0.810. The smallest absolute Gasteiger partial charge is 0.120 e. The number of hydrogen-bond acceptors (Lipinski definition) is 2. The van der Waals surface area contributed by atoms with Gasteiger partial charge in [-0.15, -0.1) is 0 Å². The molecule has 2 heteroatoms. The summed E-state index contributed by atoms with van der Waals surface area (Å²) in [7, 11) is 0. The zero-order valence-electron chi connectivity index (χ0n) is 14.1. The fraction of sp³-hybridized carbons (Fsp3) is 0.333. The van der Waals surface area contributed by atoms with E-state index in [-0.39, 0.29) is 10.8 Å². The lowest BCUT2D eigenvalue weighted by Crippen LogP contribution is -2.23. The van der Waals surface area contributed by atoms with Gasteiger partial charge < -0.3 is 9.84 Å². The van der Waals surface area contributed by atoms with Crippen LogP contribution in [0.15, 0.2) is 55.1 Å². The van der Waals surface area contributed by atoms with Crippen molar-refractivity contribution in [1.29, 1.82) is 0 Å². The molecule has 2 aromatic rings. The van der Waals surface area contributed by atoms with Crippen molar-refractivity contribution < 1.29 is 9.84 Å². The van der Waals surface area contributed by atoms with Gasteiger partial charge in [0.2, 0.25) is 0 Å². The number of benzene rings is 2. The van der Waals surface area contributed by atoms with Crippen LogP contribution in [0, 0.1) is 0 Å². The Morgan fingerprint density at radius 3 is 2.43 bits per heavy atom. The Labute approximate surface area is 138 Å². The third kappa shape index (κ3) is 2.63. The number of aromatic hydroxyl groups is 1. The summed E-state index contributed by atoms with van der Waals surface area (Å²) in [6.07, 6.45) is 2.79. The lowest BCUT2D eigenvalue weighted by atomic mass is 9.75. The first kappa shape index (κ1) is 15.7. The molecule has 1 aliphatic carbocycles. The minimum absolute atomic E-state index is 0.0833. The Morgan fingerprint density at radius 2 is 1.78 bits per heavy atom. The first-order chi connectivity index (χ1) is 10.9. The van der Waals surface area contributed by atoms with Crippen LogP contribution in [0.4, 0.5) is 0 Å². The van der Waals surface area contributed by atoms with E-state index in [4.69, 9.17) is 4.74 Å². The lowest BCUT2D eigenvalue weighted by molar-refractivity contribution is 0.362. The molecule has 0 heterocycles. The topological polar surface area (TPSA) is 29.5 Å². The standard InChI is InChI=1S/C21H24O2/c1-5-12-23-17-10-11-18-19(13-17)21(4,14-20(18,2)3)15-6-8-16(22)9-7-15/h5-11,13,22H,1,12,14H2,2-4H3. The molecule has 0 saturated heterocycles.